The van der Waals surface area contributed by atoms with Crippen molar-refractivity contribution >= 4 is 5.91 Å². The van der Waals surface area contributed by atoms with Crippen LogP contribution in [0.4, 0.5) is 0 Å². The van der Waals surface area contributed by atoms with Gasteiger partial charge in [0.05, 0.1) is 19.3 Å². The summed E-state index contributed by atoms with van der Waals surface area (Å²) in [6.45, 7) is 1.55. The smallest absolute Gasteiger partial charge is 0.226 e. The summed E-state index contributed by atoms with van der Waals surface area (Å²) in [6, 6.07) is 10.2. The number of aromatic nitrogens is 2. The Morgan fingerprint density at radius 2 is 2.08 bits per heavy atom. The van der Waals surface area contributed by atoms with Gasteiger partial charge in [0.15, 0.2) is 0 Å². The van der Waals surface area contributed by atoms with Crippen molar-refractivity contribution in [2.75, 3.05) is 13.2 Å². The van der Waals surface area contributed by atoms with Crippen LogP contribution in [0.25, 0.3) is 0 Å². The zero-order valence-electron chi connectivity index (χ0n) is 14.4. The number of nitrogens with zero attached hydrogens (tertiary/aromatic N) is 3. The highest BCUT2D eigenvalue weighted by atomic mass is 16.3. The molecule has 0 aliphatic heterocycles. The molecule has 0 bridgehead atoms. The summed E-state index contributed by atoms with van der Waals surface area (Å²) in [5.41, 5.74) is 2.18. The van der Waals surface area contributed by atoms with Gasteiger partial charge in [0.25, 0.3) is 0 Å². The molecule has 0 fully saturated rings. The van der Waals surface area contributed by atoms with Gasteiger partial charge in [-0.15, -0.1) is 0 Å². The predicted molar refractivity (Wildman–Crippen MR) is 96.8 cm³/mol. The van der Waals surface area contributed by atoms with Crippen LogP contribution in [-0.2, 0) is 17.9 Å². The van der Waals surface area contributed by atoms with Crippen LogP contribution in [0, 0.1) is 5.92 Å². The van der Waals surface area contributed by atoms with Gasteiger partial charge in [0.2, 0.25) is 5.91 Å². The topological polar surface area (TPSA) is 58.4 Å². The van der Waals surface area contributed by atoms with Gasteiger partial charge in [-0.05, 0) is 24.8 Å². The Hall–Kier alpha value is -2.40. The molecular formula is C20H25N3O2. The fraction of sp³-hybridized carbons (Fsp3) is 0.400. The quantitative estimate of drug-likeness (QED) is 0.789. The molecule has 5 heteroatoms. The van der Waals surface area contributed by atoms with Gasteiger partial charge in [-0.2, -0.15) is 5.10 Å². The van der Waals surface area contributed by atoms with Crippen molar-refractivity contribution in [2.24, 2.45) is 5.92 Å². The number of aliphatic hydroxyl groups excluding tert-OH is 1. The van der Waals surface area contributed by atoms with Crippen LogP contribution < -0.4 is 0 Å². The van der Waals surface area contributed by atoms with E-state index in [1.807, 2.05) is 29.1 Å². The molecule has 0 spiro atoms. The van der Waals surface area contributed by atoms with E-state index >= 15 is 0 Å². The van der Waals surface area contributed by atoms with Crippen molar-refractivity contribution in [3.8, 4) is 0 Å². The molecular weight excluding hydrogens is 314 g/mol. The minimum Gasteiger partial charge on any atom is -0.395 e. The van der Waals surface area contributed by atoms with Crippen molar-refractivity contribution < 1.29 is 9.90 Å². The SMILES string of the molecule is O=C(C1CC=CCC1)N(CCO)Cc1cnn(Cc2ccccc2)c1. The largest absolute Gasteiger partial charge is 0.395 e. The molecule has 0 saturated heterocycles. The molecule has 1 atom stereocenters. The van der Waals surface area contributed by atoms with Crippen LogP contribution in [0.5, 0.6) is 0 Å². The van der Waals surface area contributed by atoms with Crippen LogP contribution in [0.3, 0.4) is 0 Å². The lowest BCUT2D eigenvalue weighted by Gasteiger charge is -2.27. The van der Waals surface area contributed by atoms with Gasteiger partial charge < -0.3 is 10.0 Å². The first-order valence-corrected chi connectivity index (χ1v) is 8.86. The minimum atomic E-state index is -0.0214. The van der Waals surface area contributed by atoms with Gasteiger partial charge >= 0.3 is 0 Å². The molecule has 0 saturated carbocycles. The number of carbonyl (C=O) groups is 1. The number of amides is 1. The molecule has 1 unspecified atom stereocenters. The molecule has 5 nitrogen and oxygen atoms in total. The third-order valence-electron chi connectivity index (χ3n) is 4.55. The number of carbonyl (C=O) groups excluding carboxylic acids is 1. The molecule has 132 valence electrons. The lowest BCUT2D eigenvalue weighted by atomic mass is 9.93. The summed E-state index contributed by atoms with van der Waals surface area (Å²) in [5.74, 6) is 0.171. The van der Waals surface area contributed by atoms with E-state index in [4.69, 9.17) is 0 Å². The second-order valence-electron chi connectivity index (χ2n) is 6.50. The van der Waals surface area contributed by atoms with Gasteiger partial charge in [0.1, 0.15) is 0 Å². The van der Waals surface area contributed by atoms with Crippen molar-refractivity contribution in [2.45, 2.75) is 32.4 Å². The minimum absolute atomic E-state index is 0.0214. The van der Waals surface area contributed by atoms with E-state index in [9.17, 15) is 9.90 Å². The number of hydrogen-bond acceptors (Lipinski definition) is 3. The molecule has 0 radical (unpaired) electrons. The number of benzene rings is 1. The normalized spacial score (nSPS) is 16.8. The summed E-state index contributed by atoms with van der Waals surface area (Å²) in [4.78, 5) is 14.5. The van der Waals surface area contributed by atoms with Crippen molar-refractivity contribution in [1.82, 2.24) is 14.7 Å². The van der Waals surface area contributed by atoms with Gasteiger partial charge in [-0.3, -0.25) is 9.48 Å². The molecule has 1 aromatic heterocycles. The first-order chi connectivity index (χ1) is 12.3. The zero-order valence-corrected chi connectivity index (χ0v) is 14.4. The van der Waals surface area contributed by atoms with E-state index in [1.165, 1.54) is 5.56 Å². The number of hydrogen-bond donors (Lipinski definition) is 1. The average Bonchev–Trinajstić information content (AvgIpc) is 3.09. The first kappa shape index (κ1) is 17.4. The summed E-state index contributed by atoms with van der Waals surface area (Å²) in [5, 5.41) is 13.7. The van der Waals surface area contributed by atoms with Crippen LogP contribution in [0.2, 0.25) is 0 Å². The summed E-state index contributed by atoms with van der Waals surface area (Å²) in [6.07, 6.45) is 10.7. The Bertz CT molecular complexity index is 709. The van der Waals surface area contributed by atoms with Crippen molar-refractivity contribution in [3.63, 3.8) is 0 Å². The lowest BCUT2D eigenvalue weighted by Crippen LogP contribution is -2.37. The third kappa shape index (κ3) is 4.79. The maximum atomic E-state index is 12.7. The zero-order chi connectivity index (χ0) is 17.5. The second kappa shape index (κ2) is 8.62. The number of rotatable bonds is 7. The van der Waals surface area contributed by atoms with Crippen molar-refractivity contribution in [1.29, 1.82) is 0 Å². The number of allylic oxidation sites excluding steroid dienone is 2. The van der Waals surface area contributed by atoms with Crippen LogP contribution >= 0.6 is 0 Å². The molecule has 1 aliphatic carbocycles. The maximum Gasteiger partial charge on any atom is 0.226 e. The highest BCUT2D eigenvalue weighted by Gasteiger charge is 2.24. The molecule has 1 heterocycles. The first-order valence-electron chi connectivity index (χ1n) is 8.86. The van der Waals surface area contributed by atoms with E-state index in [0.717, 1.165) is 24.8 Å². The molecule has 3 rings (SSSR count). The highest BCUT2D eigenvalue weighted by Crippen LogP contribution is 2.21. The Kier molecular flexibility index (Phi) is 6.01. The predicted octanol–water partition coefficient (Wildman–Crippen LogP) is 2.61. The van der Waals surface area contributed by atoms with Gasteiger partial charge in [-0.1, -0.05) is 42.5 Å². The van der Waals surface area contributed by atoms with E-state index < -0.39 is 0 Å². The van der Waals surface area contributed by atoms with Gasteiger partial charge in [0, 0.05) is 30.8 Å². The third-order valence-corrected chi connectivity index (χ3v) is 4.55. The summed E-state index contributed by atoms with van der Waals surface area (Å²) < 4.78 is 1.88. The van der Waals surface area contributed by atoms with E-state index in [0.29, 0.717) is 19.6 Å². The molecule has 1 aliphatic rings. The molecule has 25 heavy (non-hydrogen) atoms. The standard InChI is InChI=1S/C20H25N3O2/c24-12-11-22(20(25)19-9-5-2-6-10-19)14-18-13-21-23(16-18)15-17-7-3-1-4-8-17/h1-5,7-8,13,16,19,24H,6,9-12,14-15H2. The van der Waals surface area contributed by atoms with Gasteiger partial charge in [-0.25, -0.2) is 0 Å². The average molecular weight is 339 g/mol. The lowest BCUT2D eigenvalue weighted by molar-refractivity contribution is -0.137. The van der Waals surface area contributed by atoms with E-state index in [-0.39, 0.29) is 18.4 Å². The Morgan fingerprint density at radius 3 is 2.80 bits per heavy atom. The maximum absolute atomic E-state index is 12.7. The second-order valence-corrected chi connectivity index (χ2v) is 6.50. The summed E-state index contributed by atoms with van der Waals surface area (Å²) in [7, 11) is 0. The monoisotopic (exact) mass is 339 g/mol. The van der Waals surface area contributed by atoms with Crippen LogP contribution in [0.1, 0.15) is 30.4 Å². The van der Waals surface area contributed by atoms with Crippen LogP contribution in [-0.4, -0.2) is 38.8 Å². The fourth-order valence-electron chi connectivity index (χ4n) is 3.23. The molecule has 1 amide bonds. The fourth-order valence-corrected chi connectivity index (χ4v) is 3.23. The van der Waals surface area contributed by atoms with E-state index in [2.05, 4.69) is 29.4 Å². The Morgan fingerprint density at radius 1 is 1.24 bits per heavy atom. The highest BCUT2D eigenvalue weighted by molar-refractivity contribution is 5.79. The Labute approximate surface area is 148 Å². The van der Waals surface area contributed by atoms with E-state index in [1.54, 1.807) is 11.1 Å². The number of aliphatic hydroxyl groups is 1. The molecule has 1 aromatic carbocycles. The Balaban J connectivity index is 1.64. The summed E-state index contributed by atoms with van der Waals surface area (Å²) >= 11 is 0. The molecule has 2 aromatic rings. The molecule has 1 N–H and O–H groups in total. The van der Waals surface area contributed by atoms with Crippen molar-refractivity contribution in [3.05, 3.63) is 66.0 Å². The van der Waals surface area contributed by atoms with Crippen LogP contribution in [0.15, 0.2) is 54.9 Å².